The van der Waals surface area contributed by atoms with E-state index in [0.717, 1.165) is 15.9 Å². The van der Waals surface area contributed by atoms with E-state index in [1.807, 2.05) is 0 Å². The topological polar surface area (TPSA) is 117 Å². The molecule has 0 unspecified atom stereocenters. The second kappa shape index (κ2) is 8.76. The predicted molar refractivity (Wildman–Crippen MR) is 114 cm³/mol. The number of benzene rings is 1. The summed E-state index contributed by atoms with van der Waals surface area (Å²) in [5.41, 5.74) is 0.513. The minimum absolute atomic E-state index is 0.0594. The van der Waals surface area contributed by atoms with Crippen molar-refractivity contribution in [2.24, 2.45) is 0 Å². The summed E-state index contributed by atoms with van der Waals surface area (Å²) in [5, 5.41) is 3.07. The normalized spacial score (nSPS) is 10.7. The summed E-state index contributed by atoms with van der Waals surface area (Å²) in [7, 11) is 2.41. The molecule has 9 nitrogen and oxygen atoms in total. The summed E-state index contributed by atoms with van der Waals surface area (Å²) in [6, 6.07) is 5.08. The van der Waals surface area contributed by atoms with Gasteiger partial charge < -0.3 is 14.8 Å². The van der Waals surface area contributed by atoms with Crippen molar-refractivity contribution in [1.82, 2.24) is 9.55 Å². The molecule has 0 saturated carbocycles. The Morgan fingerprint density at radius 3 is 2.57 bits per heavy atom. The average molecular weight is 494 g/mol. The van der Waals surface area contributed by atoms with Crippen LogP contribution in [0, 0.1) is 6.92 Å². The van der Waals surface area contributed by atoms with Crippen molar-refractivity contribution in [2.45, 2.75) is 13.5 Å². The zero-order chi connectivity index (χ0) is 22.0. The van der Waals surface area contributed by atoms with Crippen LogP contribution in [0.2, 0.25) is 0 Å². The van der Waals surface area contributed by atoms with E-state index >= 15 is 0 Å². The van der Waals surface area contributed by atoms with Gasteiger partial charge in [0.05, 0.1) is 37.0 Å². The van der Waals surface area contributed by atoms with E-state index in [2.05, 4.69) is 26.2 Å². The molecule has 0 radical (unpaired) electrons. The zero-order valence-corrected chi connectivity index (χ0v) is 18.5. The minimum atomic E-state index is -0.705. The lowest BCUT2D eigenvalue weighted by molar-refractivity contribution is -0.116. The van der Waals surface area contributed by atoms with E-state index in [0.29, 0.717) is 20.9 Å². The smallest absolute Gasteiger partial charge is 0.348 e. The number of halogens is 1. The van der Waals surface area contributed by atoms with Gasteiger partial charge in [0.25, 0.3) is 5.56 Å². The number of ether oxygens (including phenoxy) is 2. The molecule has 30 heavy (non-hydrogen) atoms. The second-order valence-electron chi connectivity index (χ2n) is 6.13. The van der Waals surface area contributed by atoms with E-state index in [1.54, 1.807) is 25.1 Å². The summed E-state index contributed by atoms with van der Waals surface area (Å²) < 4.78 is 11.3. The Morgan fingerprint density at radius 1 is 1.20 bits per heavy atom. The first-order chi connectivity index (χ1) is 14.3. The lowest BCUT2D eigenvalue weighted by Gasteiger charge is -2.08. The highest BCUT2D eigenvalue weighted by Gasteiger charge is 2.26. The maximum atomic E-state index is 12.7. The lowest BCUT2D eigenvalue weighted by Crippen LogP contribution is -2.28. The summed E-state index contributed by atoms with van der Waals surface area (Å²) in [6.45, 7) is 1.22. The first-order valence-electron chi connectivity index (χ1n) is 8.51. The fraction of sp³-hybridized carbons (Fsp3) is 0.211. The van der Waals surface area contributed by atoms with Gasteiger partial charge in [0, 0.05) is 4.47 Å². The van der Waals surface area contributed by atoms with Gasteiger partial charge in [0.15, 0.2) is 0 Å². The molecule has 0 spiro atoms. The molecule has 1 N–H and O–H groups in total. The number of anilines is 1. The van der Waals surface area contributed by atoms with Crippen molar-refractivity contribution < 1.29 is 23.9 Å². The Morgan fingerprint density at radius 2 is 1.90 bits per heavy atom. The standard InChI is InChI=1S/C19H16BrN3O6S/c1-9-14(18(26)28-2)16(30-15(9)19(27)29-3)22-13(24)7-23-8-21-12-5-4-10(20)6-11(12)17(23)25/h4-6,8H,7H2,1-3H3,(H,22,24). The summed E-state index contributed by atoms with van der Waals surface area (Å²) >= 11 is 4.20. The molecule has 2 heterocycles. The SMILES string of the molecule is COC(=O)c1sc(NC(=O)Cn2cnc3ccc(Br)cc3c2=O)c(C(=O)OC)c1C. The van der Waals surface area contributed by atoms with E-state index < -0.39 is 17.8 Å². The van der Waals surface area contributed by atoms with E-state index in [-0.39, 0.29) is 27.5 Å². The summed E-state index contributed by atoms with van der Waals surface area (Å²) in [6.07, 6.45) is 1.28. The van der Waals surface area contributed by atoms with Gasteiger partial charge >= 0.3 is 11.9 Å². The molecule has 1 aromatic carbocycles. The minimum Gasteiger partial charge on any atom is -0.465 e. The number of hydrogen-bond donors (Lipinski definition) is 1. The average Bonchev–Trinajstić information content (AvgIpc) is 3.05. The van der Waals surface area contributed by atoms with Crippen LogP contribution in [0.15, 0.2) is 33.8 Å². The molecule has 11 heteroatoms. The number of thiophene rings is 1. The maximum absolute atomic E-state index is 12.7. The molecule has 0 fully saturated rings. The highest BCUT2D eigenvalue weighted by atomic mass is 79.9. The molecule has 0 aliphatic carbocycles. The van der Waals surface area contributed by atoms with Gasteiger partial charge in [-0.25, -0.2) is 14.6 Å². The Kier molecular flexibility index (Phi) is 6.32. The van der Waals surface area contributed by atoms with Crippen LogP contribution in [-0.2, 0) is 20.8 Å². The number of aromatic nitrogens is 2. The third-order valence-corrected chi connectivity index (χ3v) is 5.94. The highest BCUT2D eigenvalue weighted by Crippen LogP contribution is 2.34. The van der Waals surface area contributed by atoms with Crippen LogP contribution >= 0.6 is 27.3 Å². The molecule has 0 aliphatic heterocycles. The molecule has 0 aliphatic rings. The number of fused-ring (bicyclic) bond motifs is 1. The monoisotopic (exact) mass is 493 g/mol. The molecule has 0 atom stereocenters. The zero-order valence-electron chi connectivity index (χ0n) is 16.1. The van der Waals surface area contributed by atoms with Crippen molar-refractivity contribution >= 4 is 61.0 Å². The van der Waals surface area contributed by atoms with Gasteiger partial charge in [-0.3, -0.25) is 14.2 Å². The number of carbonyl (C=O) groups excluding carboxylic acids is 3. The summed E-state index contributed by atoms with van der Waals surface area (Å²) in [5.74, 6) is -1.91. The summed E-state index contributed by atoms with van der Waals surface area (Å²) in [4.78, 5) is 53.7. The number of amides is 1. The molecular weight excluding hydrogens is 478 g/mol. The van der Waals surface area contributed by atoms with E-state index in [9.17, 15) is 19.2 Å². The van der Waals surface area contributed by atoms with E-state index in [4.69, 9.17) is 9.47 Å². The predicted octanol–water partition coefficient (Wildman–Crippen LogP) is 2.74. The molecule has 1 amide bonds. The van der Waals surface area contributed by atoms with Gasteiger partial charge in [-0.1, -0.05) is 15.9 Å². The van der Waals surface area contributed by atoms with Gasteiger partial charge in [0.1, 0.15) is 16.4 Å². The van der Waals surface area contributed by atoms with Crippen molar-refractivity contribution in [2.75, 3.05) is 19.5 Å². The first kappa shape index (κ1) is 21.7. The third-order valence-electron chi connectivity index (χ3n) is 4.26. The van der Waals surface area contributed by atoms with Gasteiger partial charge in [-0.05, 0) is 30.7 Å². The van der Waals surface area contributed by atoms with Crippen molar-refractivity contribution in [3.63, 3.8) is 0 Å². The van der Waals surface area contributed by atoms with Crippen LogP contribution in [0.5, 0.6) is 0 Å². The maximum Gasteiger partial charge on any atom is 0.348 e. The fourth-order valence-corrected chi connectivity index (χ4v) is 4.29. The van der Waals surface area contributed by atoms with Crippen LogP contribution in [0.1, 0.15) is 25.6 Å². The Balaban J connectivity index is 1.92. The lowest BCUT2D eigenvalue weighted by atomic mass is 10.1. The highest BCUT2D eigenvalue weighted by molar-refractivity contribution is 9.10. The van der Waals surface area contributed by atoms with Crippen molar-refractivity contribution in [3.05, 3.63) is 55.4 Å². The molecule has 3 aromatic rings. The second-order valence-corrected chi connectivity index (χ2v) is 8.07. The molecular formula is C19H16BrN3O6S. The van der Waals surface area contributed by atoms with Gasteiger partial charge in [-0.15, -0.1) is 11.3 Å². The Bertz CT molecular complexity index is 1230. The first-order valence-corrected chi connectivity index (χ1v) is 10.1. The van der Waals surface area contributed by atoms with Gasteiger partial charge in [0.2, 0.25) is 5.91 Å². The molecule has 156 valence electrons. The molecule has 0 bridgehead atoms. The van der Waals surface area contributed by atoms with Crippen molar-refractivity contribution in [1.29, 1.82) is 0 Å². The number of nitrogens with one attached hydrogen (secondary N) is 1. The third kappa shape index (κ3) is 4.12. The number of rotatable bonds is 5. The van der Waals surface area contributed by atoms with Crippen molar-refractivity contribution in [3.8, 4) is 0 Å². The number of hydrogen-bond acceptors (Lipinski definition) is 8. The van der Waals surface area contributed by atoms with Crippen LogP contribution in [0.25, 0.3) is 10.9 Å². The Labute approximate surface area is 182 Å². The van der Waals surface area contributed by atoms with Crippen LogP contribution in [-0.4, -0.2) is 41.6 Å². The number of carbonyl (C=O) groups is 3. The molecule has 3 rings (SSSR count). The Hall–Kier alpha value is -3.05. The number of nitrogens with zero attached hydrogens (tertiary/aromatic N) is 2. The largest absolute Gasteiger partial charge is 0.465 e. The fourth-order valence-electron chi connectivity index (χ4n) is 2.80. The number of methoxy groups -OCH3 is 2. The van der Waals surface area contributed by atoms with E-state index in [1.165, 1.54) is 20.5 Å². The molecule has 0 saturated heterocycles. The molecule has 2 aromatic heterocycles. The van der Waals surface area contributed by atoms with Crippen LogP contribution < -0.4 is 10.9 Å². The van der Waals surface area contributed by atoms with Crippen LogP contribution in [0.3, 0.4) is 0 Å². The quantitative estimate of drug-likeness (QED) is 0.543. The van der Waals surface area contributed by atoms with Crippen LogP contribution in [0.4, 0.5) is 5.00 Å². The number of esters is 2. The van der Waals surface area contributed by atoms with Gasteiger partial charge in [-0.2, -0.15) is 0 Å².